The molecule has 9 nitrogen and oxygen atoms in total. The maximum atomic E-state index is 13.0. The summed E-state index contributed by atoms with van der Waals surface area (Å²) >= 11 is 0. The molecule has 0 unspecified atom stereocenters. The number of anilines is 1. The first-order chi connectivity index (χ1) is 17.0. The van der Waals surface area contributed by atoms with E-state index in [0.717, 1.165) is 18.0 Å². The number of pyridine rings is 1. The monoisotopic (exact) mass is 520 g/mol. The molecule has 1 saturated heterocycles. The zero-order chi connectivity index (χ0) is 25.7. The van der Waals surface area contributed by atoms with Crippen LogP contribution in [0, 0.1) is 5.41 Å². The molecule has 5 rings (SSSR count). The van der Waals surface area contributed by atoms with Crippen molar-refractivity contribution in [3.63, 3.8) is 0 Å². The number of piperidine rings is 1. The molecule has 2 aromatic heterocycles. The molecule has 12 heteroatoms. The SMILES string of the molecule is C.O=C(O)C1(C(=O)O)CC(OC2CCN(c3ccc(-c4nc5ccc(C(F)(F)F)cc5[nH]4)cn3)CC2)C1. The number of nitrogens with zero attached hydrogens (tertiary/aromatic N) is 3. The number of rotatable bonds is 6. The highest BCUT2D eigenvalue weighted by molar-refractivity contribution is 5.99. The lowest BCUT2D eigenvalue weighted by Gasteiger charge is -2.43. The van der Waals surface area contributed by atoms with E-state index >= 15 is 0 Å². The van der Waals surface area contributed by atoms with Gasteiger partial charge in [0.15, 0.2) is 5.41 Å². The minimum atomic E-state index is -4.43. The molecular weight excluding hydrogens is 493 g/mol. The number of ether oxygens (including phenoxy) is 1. The Bertz CT molecular complexity index is 1280. The Kier molecular flexibility index (Phi) is 6.89. The van der Waals surface area contributed by atoms with Crippen LogP contribution in [0.2, 0.25) is 0 Å². The number of halogens is 3. The number of carboxylic acids is 2. The van der Waals surface area contributed by atoms with Crippen LogP contribution in [0.5, 0.6) is 0 Å². The Morgan fingerprint density at radius 3 is 2.30 bits per heavy atom. The number of imidazole rings is 1. The zero-order valence-corrected chi connectivity index (χ0v) is 19.0. The average Bonchev–Trinajstić information content (AvgIpc) is 3.24. The van der Waals surface area contributed by atoms with Gasteiger partial charge in [-0.25, -0.2) is 9.97 Å². The largest absolute Gasteiger partial charge is 0.480 e. The summed E-state index contributed by atoms with van der Waals surface area (Å²) in [5, 5.41) is 18.4. The average molecular weight is 521 g/mol. The summed E-state index contributed by atoms with van der Waals surface area (Å²) in [7, 11) is 0. The van der Waals surface area contributed by atoms with E-state index in [0.29, 0.717) is 48.4 Å². The number of aliphatic carboxylic acids is 2. The molecule has 0 bridgehead atoms. The molecular formula is C25H27F3N4O5. The third-order valence-corrected chi connectivity index (χ3v) is 6.95. The van der Waals surface area contributed by atoms with Crippen LogP contribution in [0.25, 0.3) is 22.4 Å². The minimum absolute atomic E-state index is 0. The number of carbonyl (C=O) groups is 2. The van der Waals surface area contributed by atoms with Crippen LogP contribution in [0.3, 0.4) is 0 Å². The quantitative estimate of drug-likeness (QED) is 0.403. The molecule has 0 atom stereocenters. The van der Waals surface area contributed by atoms with Crippen LogP contribution in [0.1, 0.15) is 38.7 Å². The van der Waals surface area contributed by atoms with Gasteiger partial charge >= 0.3 is 18.1 Å². The van der Waals surface area contributed by atoms with Gasteiger partial charge in [-0.05, 0) is 43.2 Å². The van der Waals surface area contributed by atoms with E-state index < -0.39 is 29.1 Å². The number of H-pyrrole nitrogens is 1. The van der Waals surface area contributed by atoms with Crippen molar-refractivity contribution in [1.29, 1.82) is 0 Å². The summed E-state index contributed by atoms with van der Waals surface area (Å²) < 4.78 is 44.8. The van der Waals surface area contributed by atoms with Crippen molar-refractivity contribution in [1.82, 2.24) is 15.0 Å². The van der Waals surface area contributed by atoms with E-state index in [2.05, 4.69) is 19.9 Å². The maximum Gasteiger partial charge on any atom is 0.416 e. The molecule has 198 valence electrons. The van der Waals surface area contributed by atoms with Gasteiger partial charge in [-0.2, -0.15) is 13.2 Å². The number of hydrogen-bond donors (Lipinski definition) is 3. The van der Waals surface area contributed by atoms with Crippen LogP contribution in [-0.4, -0.2) is 62.4 Å². The van der Waals surface area contributed by atoms with Gasteiger partial charge in [0.1, 0.15) is 11.6 Å². The molecule has 1 saturated carbocycles. The van der Waals surface area contributed by atoms with Crippen LogP contribution in [0.4, 0.5) is 19.0 Å². The van der Waals surface area contributed by atoms with Crippen molar-refractivity contribution in [2.45, 2.75) is 51.5 Å². The van der Waals surface area contributed by atoms with Gasteiger partial charge in [0.05, 0.1) is 28.8 Å². The van der Waals surface area contributed by atoms with Gasteiger partial charge in [-0.1, -0.05) is 7.43 Å². The molecule has 37 heavy (non-hydrogen) atoms. The first-order valence-electron chi connectivity index (χ1n) is 11.5. The predicted molar refractivity (Wildman–Crippen MR) is 128 cm³/mol. The van der Waals surface area contributed by atoms with Gasteiger partial charge in [-0.15, -0.1) is 0 Å². The standard InChI is InChI=1S/C24H23F3N4O5.CH4/c25-24(26,27)14-2-3-17-18(9-14)30-20(29-17)13-1-4-19(28-12-13)31-7-5-15(6-8-31)36-16-10-23(11-16,21(32)33)22(34)35;/h1-4,9,12,15-16H,5-8,10-11H2,(H,29,30)(H,32,33)(H,34,35);1H4. The molecule has 0 amide bonds. The second-order valence-electron chi connectivity index (χ2n) is 9.27. The predicted octanol–water partition coefficient (Wildman–Crippen LogP) is 4.58. The second kappa shape index (κ2) is 9.66. The highest BCUT2D eigenvalue weighted by Gasteiger charge is 2.57. The third-order valence-electron chi connectivity index (χ3n) is 6.95. The van der Waals surface area contributed by atoms with E-state index in [4.69, 9.17) is 4.74 Å². The maximum absolute atomic E-state index is 13.0. The number of nitrogens with one attached hydrogen (secondary N) is 1. The molecule has 1 aromatic carbocycles. The Morgan fingerprint density at radius 2 is 1.73 bits per heavy atom. The van der Waals surface area contributed by atoms with Crippen molar-refractivity contribution in [3.05, 3.63) is 42.1 Å². The van der Waals surface area contributed by atoms with Gasteiger partial charge in [0, 0.05) is 37.7 Å². The molecule has 0 radical (unpaired) electrons. The van der Waals surface area contributed by atoms with E-state index in [-0.39, 0.29) is 32.5 Å². The number of alkyl halides is 3. The fraction of sp³-hybridized carbons (Fsp3) is 0.440. The van der Waals surface area contributed by atoms with Crippen molar-refractivity contribution in [2.75, 3.05) is 18.0 Å². The summed E-state index contributed by atoms with van der Waals surface area (Å²) in [6.45, 7) is 1.33. The van der Waals surface area contributed by atoms with Gasteiger partial charge in [-0.3, -0.25) is 9.59 Å². The van der Waals surface area contributed by atoms with E-state index in [1.165, 1.54) is 6.07 Å². The van der Waals surface area contributed by atoms with Gasteiger partial charge < -0.3 is 24.8 Å². The Hall–Kier alpha value is -3.67. The molecule has 3 heterocycles. The summed E-state index contributed by atoms with van der Waals surface area (Å²) in [5.74, 6) is -1.48. The molecule has 2 aliphatic rings. The molecule has 3 N–H and O–H groups in total. The highest BCUT2D eigenvalue weighted by atomic mass is 19.4. The lowest BCUT2D eigenvalue weighted by Crippen LogP contribution is -2.54. The molecule has 1 aliphatic carbocycles. The number of aromatic amines is 1. The molecule has 1 aliphatic heterocycles. The van der Waals surface area contributed by atoms with E-state index in [1.807, 2.05) is 6.07 Å². The number of fused-ring (bicyclic) bond motifs is 1. The minimum Gasteiger partial charge on any atom is -0.480 e. The Labute approximate surface area is 210 Å². The Balaban J connectivity index is 0.00000320. The summed E-state index contributed by atoms with van der Waals surface area (Å²) in [6.07, 6.45) is -1.94. The Morgan fingerprint density at radius 1 is 1.05 bits per heavy atom. The summed E-state index contributed by atoms with van der Waals surface area (Å²) in [4.78, 5) is 36.5. The molecule has 3 aromatic rings. The van der Waals surface area contributed by atoms with Gasteiger partial charge in [0.25, 0.3) is 0 Å². The number of benzene rings is 1. The van der Waals surface area contributed by atoms with Crippen LogP contribution in [-0.2, 0) is 20.5 Å². The number of hydrogen-bond acceptors (Lipinski definition) is 6. The lowest BCUT2D eigenvalue weighted by atomic mass is 9.66. The first kappa shape index (κ1) is 26.4. The van der Waals surface area contributed by atoms with Crippen LogP contribution < -0.4 is 4.90 Å². The lowest BCUT2D eigenvalue weighted by molar-refractivity contribution is -0.189. The second-order valence-corrected chi connectivity index (χ2v) is 9.27. The summed E-state index contributed by atoms with van der Waals surface area (Å²) in [6, 6.07) is 7.00. The van der Waals surface area contributed by atoms with Crippen LogP contribution in [0.15, 0.2) is 36.5 Å². The third kappa shape index (κ3) is 4.97. The fourth-order valence-corrected chi connectivity index (χ4v) is 4.78. The summed E-state index contributed by atoms with van der Waals surface area (Å²) in [5.41, 5.74) is -1.11. The topological polar surface area (TPSA) is 129 Å². The van der Waals surface area contributed by atoms with E-state index in [1.54, 1.807) is 12.3 Å². The normalized spacial score (nSPS) is 18.3. The van der Waals surface area contributed by atoms with Crippen molar-refractivity contribution in [3.8, 4) is 11.4 Å². The van der Waals surface area contributed by atoms with E-state index in [9.17, 15) is 33.0 Å². The number of aromatic nitrogens is 3. The zero-order valence-electron chi connectivity index (χ0n) is 19.0. The van der Waals surface area contributed by atoms with Crippen molar-refractivity contribution >= 4 is 28.8 Å². The fourth-order valence-electron chi connectivity index (χ4n) is 4.78. The van der Waals surface area contributed by atoms with Crippen LogP contribution >= 0.6 is 0 Å². The first-order valence-corrected chi connectivity index (χ1v) is 11.5. The van der Waals surface area contributed by atoms with Gasteiger partial charge in [0.2, 0.25) is 0 Å². The smallest absolute Gasteiger partial charge is 0.416 e. The van der Waals surface area contributed by atoms with Crippen molar-refractivity contribution in [2.24, 2.45) is 5.41 Å². The highest BCUT2D eigenvalue weighted by Crippen LogP contribution is 2.44. The number of carboxylic acid groups (broad SMARTS) is 2. The molecule has 0 spiro atoms. The molecule has 2 fully saturated rings. The van der Waals surface area contributed by atoms with Crippen molar-refractivity contribution < 1.29 is 37.7 Å².